The number of anilines is 1. The maximum atomic E-state index is 13.8. The smallest absolute Gasteiger partial charge is 0.303 e. The molecular weight excluding hydrogens is 450 g/mol. The minimum Gasteiger partial charge on any atom is -0.458 e. The first-order valence-electron chi connectivity index (χ1n) is 13.1. The largest absolute Gasteiger partial charge is 0.458 e. The van der Waals surface area contributed by atoms with E-state index in [1.54, 1.807) is 6.92 Å². The Balaban J connectivity index is 1.66. The number of hydrogen-bond donors (Lipinski definition) is 1. The quantitative estimate of drug-likeness (QED) is 0.355. The van der Waals surface area contributed by atoms with Crippen LogP contribution in [-0.2, 0) is 19.1 Å². The molecule has 2 fully saturated rings. The lowest BCUT2D eigenvalue weighted by Gasteiger charge is -2.54. The third-order valence-electron chi connectivity index (χ3n) is 9.49. The molecule has 1 aromatic rings. The van der Waals surface area contributed by atoms with E-state index in [-0.39, 0.29) is 29.5 Å². The Morgan fingerprint density at radius 1 is 1.14 bits per heavy atom. The maximum absolute atomic E-state index is 13.8. The van der Waals surface area contributed by atoms with Crippen LogP contribution in [0.25, 0.3) is 0 Å². The lowest BCUT2D eigenvalue weighted by molar-refractivity contribution is -0.150. The van der Waals surface area contributed by atoms with Gasteiger partial charge in [0, 0.05) is 24.9 Å². The van der Waals surface area contributed by atoms with Gasteiger partial charge in [-0.3, -0.25) is 14.4 Å². The molecule has 0 heterocycles. The summed E-state index contributed by atoms with van der Waals surface area (Å²) in [5.74, 6) is 6.93. The molecule has 0 spiro atoms. The number of hydrogen-bond acceptors (Lipinski definition) is 5. The van der Waals surface area contributed by atoms with E-state index in [4.69, 9.17) is 10.5 Å². The third kappa shape index (κ3) is 3.74. The first-order valence-corrected chi connectivity index (χ1v) is 13.1. The van der Waals surface area contributed by atoms with Crippen molar-refractivity contribution in [2.45, 2.75) is 71.6 Å². The van der Waals surface area contributed by atoms with Crippen LogP contribution in [0.1, 0.15) is 77.2 Å². The Hall–Kier alpha value is -3.13. The summed E-state index contributed by atoms with van der Waals surface area (Å²) in [6, 6.07) is 8.13. The van der Waals surface area contributed by atoms with Gasteiger partial charge in [-0.2, -0.15) is 0 Å². The lowest BCUT2D eigenvalue weighted by Crippen LogP contribution is -2.51. The Morgan fingerprint density at radius 2 is 1.89 bits per heavy atom. The van der Waals surface area contributed by atoms with E-state index in [2.05, 4.69) is 30.9 Å². The second-order valence-corrected chi connectivity index (χ2v) is 11.2. The lowest BCUT2D eigenvalue weighted by atomic mass is 9.48. The number of Topliss-reactive ketones (excluding diaryl/α,β-unsaturated/α-hetero) is 1. The number of benzene rings is 1. The molecule has 1 aromatic carbocycles. The number of carbonyl (C=O) groups excluding carboxylic acids is 3. The van der Waals surface area contributed by atoms with Gasteiger partial charge in [0.05, 0.1) is 5.41 Å². The van der Waals surface area contributed by atoms with E-state index >= 15 is 0 Å². The van der Waals surface area contributed by atoms with Crippen LogP contribution in [0.5, 0.6) is 0 Å². The fourth-order valence-electron chi connectivity index (χ4n) is 7.95. The highest BCUT2D eigenvalue weighted by Gasteiger charge is 2.65. The van der Waals surface area contributed by atoms with Crippen LogP contribution < -0.4 is 5.73 Å². The summed E-state index contributed by atoms with van der Waals surface area (Å²) in [5.41, 5.74) is 10.8. The molecule has 0 amide bonds. The molecule has 36 heavy (non-hydrogen) atoms. The molecule has 2 saturated carbocycles. The highest BCUT2D eigenvalue weighted by Crippen LogP contribution is 2.69. The molecule has 0 saturated heterocycles. The van der Waals surface area contributed by atoms with Crippen molar-refractivity contribution in [3.63, 3.8) is 0 Å². The van der Waals surface area contributed by atoms with Crippen LogP contribution in [0.4, 0.5) is 5.69 Å². The number of ether oxygens (including phenoxy) is 1. The van der Waals surface area contributed by atoms with E-state index in [9.17, 15) is 14.4 Å². The number of carbonyl (C=O) groups is 3. The monoisotopic (exact) mass is 485 g/mol. The van der Waals surface area contributed by atoms with Gasteiger partial charge in [0.1, 0.15) is 0 Å². The minimum absolute atomic E-state index is 0.0798. The van der Waals surface area contributed by atoms with Gasteiger partial charge < -0.3 is 10.5 Å². The normalized spacial score (nSPS) is 32.9. The van der Waals surface area contributed by atoms with Crippen molar-refractivity contribution >= 4 is 23.2 Å². The molecule has 4 aliphatic rings. The van der Waals surface area contributed by atoms with E-state index in [0.29, 0.717) is 24.7 Å². The molecule has 0 aromatic heterocycles. The van der Waals surface area contributed by atoms with Crippen molar-refractivity contribution in [1.29, 1.82) is 0 Å². The molecule has 2 N–H and O–H groups in total. The molecular formula is C31H35NO4. The van der Waals surface area contributed by atoms with Gasteiger partial charge >= 0.3 is 5.97 Å². The number of allylic oxidation sites excluding steroid dienone is 4. The molecule has 5 rings (SSSR count). The van der Waals surface area contributed by atoms with E-state index < -0.39 is 11.4 Å². The van der Waals surface area contributed by atoms with Crippen molar-refractivity contribution in [3.05, 3.63) is 52.6 Å². The highest BCUT2D eigenvalue weighted by molar-refractivity contribution is 5.93. The van der Waals surface area contributed by atoms with Crippen LogP contribution in [0.3, 0.4) is 0 Å². The van der Waals surface area contributed by atoms with Crippen molar-refractivity contribution in [2.75, 3.05) is 12.3 Å². The topological polar surface area (TPSA) is 86.5 Å². The van der Waals surface area contributed by atoms with E-state index in [1.807, 2.05) is 18.2 Å². The first kappa shape index (κ1) is 24.6. The molecule has 0 aliphatic heterocycles. The van der Waals surface area contributed by atoms with Crippen molar-refractivity contribution in [3.8, 4) is 11.8 Å². The molecule has 5 nitrogen and oxygen atoms in total. The third-order valence-corrected chi connectivity index (χ3v) is 9.49. The number of ketones is 2. The second-order valence-electron chi connectivity index (χ2n) is 11.2. The zero-order chi connectivity index (χ0) is 25.7. The minimum atomic E-state index is -0.844. The molecule has 5 heteroatoms. The van der Waals surface area contributed by atoms with Gasteiger partial charge in [-0.1, -0.05) is 30.6 Å². The zero-order valence-electron chi connectivity index (χ0n) is 21.5. The average Bonchev–Trinajstić information content (AvgIpc) is 3.15. The highest BCUT2D eigenvalue weighted by atomic mass is 16.5. The van der Waals surface area contributed by atoms with Crippen molar-refractivity contribution in [1.82, 2.24) is 0 Å². The summed E-state index contributed by atoms with van der Waals surface area (Å²) in [4.78, 5) is 37.6. The standard InChI is InChI=1S/C31H35NO4/c1-4-14-31(28(35)18-36-19(2)33)15-13-27-25-11-7-21-16-23(34)10-12-24(21)29(25)26(17-30(27,31)3)20-5-8-22(32)9-6-20/h5-6,8-9,16,25-27H,7,10-13,15,17-18,32H2,1-3H3/t25-,26+,27-,30-,31+/m0/s1. The van der Waals surface area contributed by atoms with Gasteiger partial charge in [0.2, 0.25) is 0 Å². The predicted octanol–water partition coefficient (Wildman–Crippen LogP) is 5.31. The fraction of sp³-hybridized carbons (Fsp3) is 0.516. The maximum Gasteiger partial charge on any atom is 0.303 e. The van der Waals surface area contributed by atoms with Gasteiger partial charge in [0.15, 0.2) is 18.2 Å². The Labute approximate surface area is 213 Å². The molecule has 188 valence electrons. The zero-order valence-corrected chi connectivity index (χ0v) is 21.5. The molecule has 5 atom stereocenters. The second kappa shape index (κ2) is 9.07. The van der Waals surface area contributed by atoms with Crippen LogP contribution in [0.15, 0.2) is 47.1 Å². The Kier molecular flexibility index (Phi) is 6.19. The number of nitrogens with two attached hydrogens (primary N) is 1. The SMILES string of the molecule is CC#C[C@]1(C(=O)COC(C)=O)CC[C@H]2[C@@H]3CCC4=CC(=O)CCC4=C3[C@@H](c3ccc(N)cc3)C[C@@]21C. The van der Waals surface area contributed by atoms with Crippen LogP contribution in [0, 0.1) is 34.5 Å². The summed E-state index contributed by atoms with van der Waals surface area (Å²) in [6.45, 7) is 5.15. The van der Waals surface area contributed by atoms with E-state index in [0.717, 1.165) is 37.8 Å². The van der Waals surface area contributed by atoms with E-state index in [1.165, 1.54) is 29.2 Å². The first-order chi connectivity index (χ1) is 17.2. The molecule has 4 aliphatic carbocycles. The number of nitrogen functional groups attached to an aromatic ring is 1. The molecule has 0 bridgehead atoms. The van der Waals surface area contributed by atoms with Crippen LogP contribution >= 0.6 is 0 Å². The van der Waals surface area contributed by atoms with Crippen LogP contribution in [0.2, 0.25) is 0 Å². The molecule has 0 radical (unpaired) electrons. The van der Waals surface area contributed by atoms with Crippen LogP contribution in [-0.4, -0.2) is 24.1 Å². The van der Waals surface area contributed by atoms with Crippen molar-refractivity contribution in [2.24, 2.45) is 22.7 Å². The summed E-state index contributed by atoms with van der Waals surface area (Å²) in [5, 5.41) is 0. The summed E-state index contributed by atoms with van der Waals surface area (Å²) in [6.07, 6.45) is 7.53. The number of rotatable bonds is 4. The Bertz CT molecular complexity index is 1240. The van der Waals surface area contributed by atoms with Crippen molar-refractivity contribution < 1.29 is 19.1 Å². The fourth-order valence-corrected chi connectivity index (χ4v) is 7.95. The number of fused-ring (bicyclic) bond motifs is 4. The summed E-state index contributed by atoms with van der Waals surface area (Å²) >= 11 is 0. The summed E-state index contributed by atoms with van der Waals surface area (Å²) < 4.78 is 5.21. The summed E-state index contributed by atoms with van der Waals surface area (Å²) in [7, 11) is 0. The van der Waals surface area contributed by atoms with Gasteiger partial charge in [-0.25, -0.2) is 0 Å². The average molecular weight is 486 g/mol. The van der Waals surface area contributed by atoms with Gasteiger partial charge in [-0.05, 0) is 97.6 Å². The Morgan fingerprint density at radius 3 is 2.58 bits per heavy atom. The number of esters is 1. The molecule has 0 unspecified atom stereocenters. The predicted molar refractivity (Wildman–Crippen MR) is 139 cm³/mol. The van der Waals surface area contributed by atoms with Gasteiger partial charge in [0.25, 0.3) is 0 Å². The van der Waals surface area contributed by atoms with Gasteiger partial charge in [-0.15, -0.1) is 5.92 Å².